The maximum absolute atomic E-state index is 10.9. The molecule has 0 aliphatic carbocycles. The van der Waals surface area contributed by atoms with E-state index < -0.39 is 4.92 Å². The average Bonchev–Trinajstić information content (AvgIpc) is 2.25. The lowest BCUT2D eigenvalue weighted by molar-refractivity contribution is -0.384. The first-order chi connectivity index (χ1) is 8.45. The van der Waals surface area contributed by atoms with Crippen LogP contribution in [0.3, 0.4) is 0 Å². The zero-order valence-corrected chi connectivity index (χ0v) is 11.2. The molecule has 1 N–H and O–H groups in total. The van der Waals surface area contributed by atoms with Crippen LogP contribution in [0.1, 0.15) is 19.7 Å². The van der Waals surface area contributed by atoms with E-state index in [4.69, 9.17) is 16.3 Å². The number of methoxy groups -OCH3 is 1. The molecule has 1 aromatic rings. The van der Waals surface area contributed by atoms with Crippen LogP contribution in [0, 0.1) is 16.0 Å². The van der Waals surface area contributed by atoms with Gasteiger partial charge in [-0.05, 0) is 5.92 Å². The van der Waals surface area contributed by atoms with Crippen LogP contribution in [0.15, 0.2) is 0 Å². The van der Waals surface area contributed by atoms with Gasteiger partial charge in [-0.3, -0.25) is 10.1 Å². The zero-order valence-electron chi connectivity index (χ0n) is 10.4. The maximum Gasteiger partial charge on any atom is 0.348 e. The predicted molar refractivity (Wildman–Crippen MR) is 67.7 cm³/mol. The van der Waals surface area contributed by atoms with Crippen LogP contribution in [0.25, 0.3) is 0 Å². The quantitative estimate of drug-likeness (QED) is 0.486. The number of halogens is 1. The molecule has 0 atom stereocenters. The summed E-state index contributed by atoms with van der Waals surface area (Å²) in [4.78, 5) is 18.2. The number of rotatable bonds is 6. The third-order valence-corrected chi connectivity index (χ3v) is 2.29. The highest BCUT2D eigenvalue weighted by atomic mass is 35.5. The monoisotopic (exact) mass is 274 g/mol. The van der Waals surface area contributed by atoms with Crippen molar-refractivity contribution < 1.29 is 9.66 Å². The maximum atomic E-state index is 10.9. The van der Waals surface area contributed by atoms with Crippen LogP contribution in [0.5, 0.6) is 0 Å². The molecule has 0 fully saturated rings. The van der Waals surface area contributed by atoms with Gasteiger partial charge < -0.3 is 10.1 Å². The number of hydrogen-bond donors (Lipinski definition) is 1. The van der Waals surface area contributed by atoms with Crippen molar-refractivity contribution >= 4 is 23.1 Å². The highest BCUT2D eigenvalue weighted by molar-refractivity contribution is 6.31. The first-order valence-electron chi connectivity index (χ1n) is 5.39. The second kappa shape index (κ2) is 6.46. The van der Waals surface area contributed by atoms with E-state index in [9.17, 15) is 10.1 Å². The Kier molecular flexibility index (Phi) is 5.24. The number of anilines is 1. The zero-order chi connectivity index (χ0) is 13.7. The summed E-state index contributed by atoms with van der Waals surface area (Å²) in [6.45, 7) is 4.67. The molecule has 0 saturated carbocycles. The lowest BCUT2D eigenvalue weighted by Gasteiger charge is -2.10. The minimum Gasteiger partial charge on any atom is -0.377 e. The molecule has 0 saturated heterocycles. The molecule has 1 rings (SSSR count). The van der Waals surface area contributed by atoms with Gasteiger partial charge in [0.1, 0.15) is 6.61 Å². The van der Waals surface area contributed by atoms with Crippen molar-refractivity contribution in [1.29, 1.82) is 0 Å². The summed E-state index contributed by atoms with van der Waals surface area (Å²) in [5.41, 5.74) is -0.308. The predicted octanol–water partition coefficient (Wildman–Crippen LogP) is 2.25. The van der Waals surface area contributed by atoms with Gasteiger partial charge in [0.25, 0.3) is 0 Å². The van der Waals surface area contributed by atoms with Crippen molar-refractivity contribution in [1.82, 2.24) is 9.97 Å². The van der Waals surface area contributed by atoms with E-state index in [1.54, 1.807) is 0 Å². The highest BCUT2D eigenvalue weighted by Crippen LogP contribution is 2.29. The number of hydrogen-bond acceptors (Lipinski definition) is 6. The molecule has 0 amide bonds. The first-order valence-corrected chi connectivity index (χ1v) is 5.77. The number of ether oxygens (including phenoxy) is 1. The summed E-state index contributed by atoms with van der Waals surface area (Å²) in [7, 11) is 1.49. The Labute approximate surface area is 110 Å². The van der Waals surface area contributed by atoms with Crippen LogP contribution >= 0.6 is 11.6 Å². The van der Waals surface area contributed by atoms with Gasteiger partial charge in [-0.1, -0.05) is 25.4 Å². The van der Waals surface area contributed by atoms with Crippen molar-refractivity contribution in [3.05, 3.63) is 21.1 Å². The van der Waals surface area contributed by atoms with Gasteiger partial charge in [0.05, 0.1) is 4.92 Å². The summed E-state index contributed by atoms with van der Waals surface area (Å²) in [5, 5.41) is 13.6. The molecule has 0 unspecified atom stereocenters. The Hall–Kier alpha value is -1.47. The Balaban J connectivity index is 3.11. The van der Waals surface area contributed by atoms with E-state index in [0.717, 1.165) is 0 Å². The summed E-state index contributed by atoms with van der Waals surface area (Å²) in [5.74, 6) is 0.754. The summed E-state index contributed by atoms with van der Waals surface area (Å²) >= 11 is 5.79. The van der Waals surface area contributed by atoms with Crippen LogP contribution < -0.4 is 5.32 Å². The molecule has 18 heavy (non-hydrogen) atoms. The topological polar surface area (TPSA) is 90.2 Å². The van der Waals surface area contributed by atoms with Crippen LogP contribution in [0.4, 0.5) is 11.5 Å². The molecule has 7 nitrogen and oxygen atoms in total. The van der Waals surface area contributed by atoms with E-state index in [2.05, 4.69) is 15.3 Å². The second-order valence-electron chi connectivity index (χ2n) is 4.09. The van der Waals surface area contributed by atoms with Gasteiger partial charge in [-0.15, -0.1) is 0 Å². The summed E-state index contributed by atoms with van der Waals surface area (Å²) < 4.78 is 4.88. The lowest BCUT2D eigenvalue weighted by atomic mass is 10.2. The third-order valence-electron chi connectivity index (χ3n) is 2.02. The van der Waals surface area contributed by atoms with E-state index in [-0.39, 0.29) is 23.3 Å². The normalized spacial score (nSPS) is 10.7. The Bertz CT molecular complexity index is 439. The Morgan fingerprint density at radius 2 is 2.17 bits per heavy atom. The lowest BCUT2D eigenvalue weighted by Crippen LogP contribution is -2.13. The van der Waals surface area contributed by atoms with Crippen molar-refractivity contribution in [3.63, 3.8) is 0 Å². The van der Waals surface area contributed by atoms with Crippen molar-refractivity contribution in [3.8, 4) is 0 Å². The van der Waals surface area contributed by atoms with Gasteiger partial charge in [-0.25, -0.2) is 9.97 Å². The molecule has 0 spiro atoms. The Morgan fingerprint density at radius 1 is 1.50 bits per heavy atom. The van der Waals surface area contributed by atoms with Crippen molar-refractivity contribution in [2.45, 2.75) is 20.5 Å². The molecule has 1 heterocycles. The van der Waals surface area contributed by atoms with E-state index in [0.29, 0.717) is 18.3 Å². The minimum absolute atomic E-state index is 0.126. The standard InChI is InChI=1S/C10H15ClN4O3/c1-6(2)4-12-10-8(15(16)17)9(11)13-7(14-10)5-18-3/h6H,4-5H2,1-3H3,(H,12,13,14). The van der Waals surface area contributed by atoms with E-state index >= 15 is 0 Å². The number of nitrogens with one attached hydrogen (secondary N) is 1. The van der Waals surface area contributed by atoms with Crippen LogP contribution in [0.2, 0.25) is 5.15 Å². The molecule has 0 aliphatic heterocycles. The van der Waals surface area contributed by atoms with Crippen molar-refractivity contribution in [2.75, 3.05) is 19.0 Å². The smallest absolute Gasteiger partial charge is 0.348 e. The van der Waals surface area contributed by atoms with E-state index in [1.807, 2.05) is 13.8 Å². The minimum atomic E-state index is -0.596. The van der Waals surface area contributed by atoms with Crippen LogP contribution in [-0.4, -0.2) is 28.5 Å². The fourth-order valence-corrected chi connectivity index (χ4v) is 1.51. The van der Waals surface area contributed by atoms with Crippen molar-refractivity contribution in [2.24, 2.45) is 5.92 Å². The van der Waals surface area contributed by atoms with Gasteiger partial charge in [0.15, 0.2) is 5.82 Å². The molecule has 0 aromatic carbocycles. The molecular formula is C10H15ClN4O3. The second-order valence-corrected chi connectivity index (χ2v) is 4.45. The van der Waals surface area contributed by atoms with Gasteiger partial charge in [0.2, 0.25) is 11.0 Å². The van der Waals surface area contributed by atoms with Gasteiger partial charge in [0, 0.05) is 13.7 Å². The average molecular weight is 275 g/mol. The molecule has 100 valence electrons. The molecule has 8 heteroatoms. The number of nitro groups is 1. The number of aromatic nitrogens is 2. The Morgan fingerprint density at radius 3 is 2.67 bits per heavy atom. The van der Waals surface area contributed by atoms with Gasteiger partial charge >= 0.3 is 5.69 Å². The van der Waals surface area contributed by atoms with Gasteiger partial charge in [-0.2, -0.15) is 0 Å². The summed E-state index contributed by atoms with van der Waals surface area (Å²) in [6.07, 6.45) is 0. The largest absolute Gasteiger partial charge is 0.377 e. The molecule has 1 aromatic heterocycles. The molecule has 0 bridgehead atoms. The number of nitrogens with zero attached hydrogens (tertiary/aromatic N) is 3. The molecule has 0 aliphatic rings. The summed E-state index contributed by atoms with van der Waals surface area (Å²) in [6, 6.07) is 0. The SMILES string of the molecule is COCc1nc(Cl)c([N+](=O)[O-])c(NCC(C)C)n1. The first kappa shape index (κ1) is 14.6. The fraction of sp³-hybridized carbons (Fsp3) is 0.600. The third kappa shape index (κ3) is 3.78. The van der Waals surface area contributed by atoms with E-state index in [1.165, 1.54) is 7.11 Å². The highest BCUT2D eigenvalue weighted by Gasteiger charge is 2.23. The fourth-order valence-electron chi connectivity index (χ4n) is 1.25. The van der Waals surface area contributed by atoms with Crippen LogP contribution in [-0.2, 0) is 11.3 Å². The molecule has 0 radical (unpaired) electrons. The molecular weight excluding hydrogens is 260 g/mol.